The van der Waals surface area contributed by atoms with Gasteiger partial charge in [-0.1, -0.05) is 12.1 Å². The van der Waals surface area contributed by atoms with Crippen LogP contribution in [-0.4, -0.2) is 12.0 Å². The minimum absolute atomic E-state index is 0.0564. The molecule has 0 fully saturated rings. The molecule has 3 nitrogen and oxygen atoms in total. The third-order valence-corrected chi connectivity index (χ3v) is 2.34. The number of rotatable bonds is 3. The van der Waals surface area contributed by atoms with E-state index in [0.717, 1.165) is 11.6 Å². The van der Waals surface area contributed by atoms with Gasteiger partial charge >= 0.3 is 0 Å². The van der Waals surface area contributed by atoms with Crippen LogP contribution >= 0.6 is 0 Å². The van der Waals surface area contributed by atoms with Crippen LogP contribution in [0.2, 0.25) is 0 Å². The van der Waals surface area contributed by atoms with Gasteiger partial charge in [0.1, 0.15) is 5.75 Å². The highest BCUT2D eigenvalue weighted by Gasteiger charge is 2.12. The van der Waals surface area contributed by atoms with E-state index in [2.05, 4.69) is 10.3 Å². The van der Waals surface area contributed by atoms with Gasteiger partial charge in [0, 0.05) is 13.1 Å². The standard InChI is InChI=1S/C13H12F2N2O/c1-8-4-3-5-9(6-8)18-13-11(15)7-10(14)12(16-2)17-13/h3-7H,1-2H3,(H,16,17). The number of ether oxygens (including phenoxy) is 1. The zero-order valence-corrected chi connectivity index (χ0v) is 10.00. The summed E-state index contributed by atoms with van der Waals surface area (Å²) in [7, 11) is 1.50. The molecule has 0 aliphatic rings. The Hall–Kier alpha value is -2.17. The fourth-order valence-corrected chi connectivity index (χ4v) is 1.49. The van der Waals surface area contributed by atoms with Gasteiger partial charge in [-0.15, -0.1) is 0 Å². The lowest BCUT2D eigenvalue weighted by Crippen LogP contribution is -2.01. The number of hydrogen-bond acceptors (Lipinski definition) is 3. The third kappa shape index (κ3) is 2.56. The minimum Gasteiger partial charge on any atom is -0.436 e. The van der Waals surface area contributed by atoms with Crippen molar-refractivity contribution in [3.8, 4) is 11.6 Å². The van der Waals surface area contributed by atoms with Crippen LogP contribution in [-0.2, 0) is 0 Å². The second-order valence-corrected chi connectivity index (χ2v) is 3.77. The lowest BCUT2D eigenvalue weighted by atomic mass is 10.2. The average Bonchev–Trinajstić information content (AvgIpc) is 2.33. The summed E-state index contributed by atoms with van der Waals surface area (Å²) in [5.74, 6) is -1.46. The maximum atomic E-state index is 13.5. The molecule has 0 radical (unpaired) electrons. The summed E-state index contributed by atoms with van der Waals surface area (Å²) in [6, 6.07) is 7.83. The van der Waals surface area contributed by atoms with E-state index >= 15 is 0 Å². The molecule has 0 aliphatic carbocycles. The lowest BCUT2D eigenvalue weighted by molar-refractivity contribution is 0.418. The second kappa shape index (κ2) is 5.00. The summed E-state index contributed by atoms with van der Waals surface area (Å²) >= 11 is 0. The SMILES string of the molecule is CNc1nc(Oc2cccc(C)c2)c(F)cc1F. The minimum atomic E-state index is -0.840. The Morgan fingerprint density at radius 2 is 1.94 bits per heavy atom. The van der Waals surface area contributed by atoms with Crippen LogP contribution in [0.4, 0.5) is 14.6 Å². The Bertz CT molecular complexity index is 573. The largest absolute Gasteiger partial charge is 0.436 e. The molecule has 18 heavy (non-hydrogen) atoms. The quantitative estimate of drug-likeness (QED) is 0.905. The van der Waals surface area contributed by atoms with E-state index in [1.54, 1.807) is 18.2 Å². The van der Waals surface area contributed by atoms with Crippen molar-refractivity contribution >= 4 is 5.82 Å². The van der Waals surface area contributed by atoms with Gasteiger partial charge in [0.25, 0.3) is 5.88 Å². The molecule has 0 amide bonds. The van der Waals surface area contributed by atoms with Gasteiger partial charge in [-0.2, -0.15) is 4.98 Å². The van der Waals surface area contributed by atoms with E-state index in [9.17, 15) is 8.78 Å². The van der Waals surface area contributed by atoms with Gasteiger partial charge < -0.3 is 10.1 Å². The van der Waals surface area contributed by atoms with Gasteiger partial charge in [-0.05, 0) is 24.6 Å². The number of aromatic nitrogens is 1. The molecule has 0 spiro atoms. The molecule has 5 heteroatoms. The lowest BCUT2D eigenvalue weighted by Gasteiger charge is -2.08. The molecule has 1 heterocycles. The molecule has 2 rings (SSSR count). The van der Waals surface area contributed by atoms with Crippen LogP contribution in [0.25, 0.3) is 0 Å². The number of aryl methyl sites for hydroxylation is 1. The van der Waals surface area contributed by atoms with Gasteiger partial charge in [0.15, 0.2) is 17.5 Å². The smallest absolute Gasteiger partial charge is 0.258 e. The van der Waals surface area contributed by atoms with Crippen molar-refractivity contribution in [3.05, 3.63) is 47.5 Å². The Balaban J connectivity index is 2.34. The number of halogens is 2. The maximum Gasteiger partial charge on any atom is 0.258 e. The van der Waals surface area contributed by atoms with Crippen LogP contribution in [0, 0.1) is 18.6 Å². The number of anilines is 1. The van der Waals surface area contributed by atoms with E-state index in [0.29, 0.717) is 5.75 Å². The normalized spacial score (nSPS) is 10.2. The first kappa shape index (κ1) is 12.3. The van der Waals surface area contributed by atoms with Crippen LogP contribution in [0.15, 0.2) is 30.3 Å². The number of nitrogens with one attached hydrogen (secondary N) is 1. The maximum absolute atomic E-state index is 13.5. The van der Waals surface area contributed by atoms with Crippen molar-refractivity contribution in [2.45, 2.75) is 6.92 Å². The molecule has 0 saturated carbocycles. The molecular weight excluding hydrogens is 238 g/mol. The van der Waals surface area contributed by atoms with Crippen molar-refractivity contribution in [1.29, 1.82) is 0 Å². The van der Waals surface area contributed by atoms with Crippen molar-refractivity contribution < 1.29 is 13.5 Å². The highest BCUT2D eigenvalue weighted by Crippen LogP contribution is 2.26. The van der Waals surface area contributed by atoms with E-state index < -0.39 is 11.6 Å². The van der Waals surface area contributed by atoms with Crippen molar-refractivity contribution in [2.24, 2.45) is 0 Å². The van der Waals surface area contributed by atoms with Crippen LogP contribution in [0.3, 0.4) is 0 Å². The highest BCUT2D eigenvalue weighted by molar-refractivity contribution is 5.40. The van der Waals surface area contributed by atoms with Crippen LogP contribution in [0.5, 0.6) is 11.6 Å². The predicted molar refractivity (Wildman–Crippen MR) is 65.0 cm³/mol. The molecule has 1 N–H and O–H groups in total. The van der Waals surface area contributed by atoms with E-state index in [1.165, 1.54) is 7.05 Å². The summed E-state index contributed by atoms with van der Waals surface area (Å²) in [6.45, 7) is 1.89. The summed E-state index contributed by atoms with van der Waals surface area (Å²) in [5, 5.41) is 2.53. The van der Waals surface area contributed by atoms with E-state index in [4.69, 9.17) is 4.74 Å². The van der Waals surface area contributed by atoms with Crippen molar-refractivity contribution in [1.82, 2.24) is 4.98 Å². The molecule has 0 atom stereocenters. The first-order valence-corrected chi connectivity index (χ1v) is 5.38. The molecule has 1 aromatic carbocycles. The highest BCUT2D eigenvalue weighted by atomic mass is 19.1. The van der Waals surface area contributed by atoms with Crippen LogP contribution in [0.1, 0.15) is 5.56 Å². The summed E-state index contributed by atoms with van der Waals surface area (Å²) in [4.78, 5) is 3.73. The summed E-state index contributed by atoms with van der Waals surface area (Å²) in [5.41, 5.74) is 0.976. The molecule has 0 aliphatic heterocycles. The van der Waals surface area contributed by atoms with Crippen molar-refractivity contribution in [2.75, 3.05) is 12.4 Å². The second-order valence-electron chi connectivity index (χ2n) is 3.77. The van der Waals surface area contributed by atoms with Crippen molar-refractivity contribution in [3.63, 3.8) is 0 Å². The number of pyridine rings is 1. The first-order chi connectivity index (χ1) is 8.60. The molecule has 2 aromatic rings. The predicted octanol–water partition coefficient (Wildman–Crippen LogP) is 3.50. The Morgan fingerprint density at radius 1 is 1.17 bits per heavy atom. The molecule has 0 saturated heterocycles. The Kier molecular flexibility index (Phi) is 3.41. The first-order valence-electron chi connectivity index (χ1n) is 5.38. The molecular formula is C13H12F2N2O. The zero-order valence-electron chi connectivity index (χ0n) is 10.00. The Morgan fingerprint density at radius 3 is 2.61 bits per heavy atom. The zero-order chi connectivity index (χ0) is 13.1. The van der Waals surface area contributed by atoms with Gasteiger partial charge in [-0.25, -0.2) is 8.78 Å². The fraction of sp³-hybridized carbons (Fsp3) is 0.154. The topological polar surface area (TPSA) is 34.2 Å². The summed E-state index contributed by atoms with van der Waals surface area (Å²) < 4.78 is 32.0. The number of benzene rings is 1. The molecule has 1 aromatic heterocycles. The van der Waals surface area contributed by atoms with E-state index in [-0.39, 0.29) is 11.7 Å². The fourth-order valence-electron chi connectivity index (χ4n) is 1.49. The van der Waals surface area contributed by atoms with Gasteiger partial charge in [0.2, 0.25) is 0 Å². The summed E-state index contributed by atoms with van der Waals surface area (Å²) in [6.07, 6.45) is 0. The molecule has 0 unspecified atom stereocenters. The number of hydrogen-bond donors (Lipinski definition) is 1. The third-order valence-electron chi connectivity index (χ3n) is 2.34. The Labute approximate surface area is 103 Å². The van der Waals surface area contributed by atoms with E-state index in [1.807, 2.05) is 13.0 Å². The van der Waals surface area contributed by atoms with Gasteiger partial charge in [0.05, 0.1) is 0 Å². The van der Waals surface area contributed by atoms with Gasteiger partial charge in [-0.3, -0.25) is 0 Å². The number of nitrogens with zero attached hydrogens (tertiary/aromatic N) is 1. The molecule has 0 bridgehead atoms. The average molecular weight is 250 g/mol. The monoisotopic (exact) mass is 250 g/mol. The van der Waals surface area contributed by atoms with Crippen LogP contribution < -0.4 is 10.1 Å². The molecule has 94 valence electrons.